The molecule has 15 heteroatoms. The quantitative estimate of drug-likeness (QED) is 0.103. The summed E-state index contributed by atoms with van der Waals surface area (Å²) in [7, 11) is -5.19. The van der Waals surface area contributed by atoms with Gasteiger partial charge in [0.1, 0.15) is 4.90 Å². The van der Waals surface area contributed by atoms with Crippen molar-refractivity contribution in [1.29, 1.82) is 0 Å². The van der Waals surface area contributed by atoms with Crippen LogP contribution in [-0.4, -0.2) is 41.7 Å². The summed E-state index contributed by atoms with van der Waals surface area (Å²) in [6.45, 7) is 1.93. The van der Waals surface area contributed by atoms with E-state index in [0.29, 0.717) is 6.42 Å². The van der Waals surface area contributed by atoms with Crippen molar-refractivity contribution in [3.8, 4) is 5.75 Å². The van der Waals surface area contributed by atoms with Gasteiger partial charge in [-0.1, -0.05) is 30.9 Å². The molecule has 1 saturated heterocycles. The first-order valence-electron chi connectivity index (χ1n) is 9.33. The van der Waals surface area contributed by atoms with Crippen molar-refractivity contribution in [2.75, 3.05) is 0 Å². The average Bonchev–Trinajstić information content (AvgIpc) is 3.03. The minimum Gasteiger partial charge on any atom is -0.367 e. The predicted molar refractivity (Wildman–Crippen MR) is 104 cm³/mol. The first-order valence-corrected chi connectivity index (χ1v) is 10.8. The standard InChI is InChI=1S/C17H19N5O9S/c1-2-3-4-5-14(25)30-20-17(26)10-6-7-11(19-21-18)16(32(27,28)29)15(10)31-22-12(23)8-9-13(22)24/h6-7H,2-5,8-9H2,1H3,(H,20,26)(H,27,28,29). The van der Waals surface area contributed by atoms with Crippen molar-refractivity contribution in [3.63, 3.8) is 0 Å². The normalized spacial score (nSPS) is 13.5. The van der Waals surface area contributed by atoms with Crippen molar-refractivity contribution in [3.05, 3.63) is 28.1 Å². The largest absolute Gasteiger partial charge is 0.367 e. The zero-order valence-corrected chi connectivity index (χ0v) is 17.6. The van der Waals surface area contributed by atoms with Crippen LogP contribution in [0.2, 0.25) is 0 Å². The number of unbranched alkanes of at least 4 members (excludes halogenated alkanes) is 2. The van der Waals surface area contributed by atoms with Gasteiger partial charge in [0.05, 0.1) is 11.3 Å². The van der Waals surface area contributed by atoms with Gasteiger partial charge in [-0.05, 0) is 18.0 Å². The van der Waals surface area contributed by atoms with E-state index in [4.69, 9.17) is 10.4 Å². The molecule has 0 radical (unpaired) electrons. The molecular weight excluding hydrogens is 450 g/mol. The summed E-state index contributed by atoms with van der Waals surface area (Å²) in [6, 6.07) is 1.81. The monoisotopic (exact) mass is 469 g/mol. The third-order valence-corrected chi connectivity index (χ3v) is 5.09. The summed E-state index contributed by atoms with van der Waals surface area (Å²) in [4.78, 5) is 59.1. The number of hydroxylamine groups is 3. The molecule has 32 heavy (non-hydrogen) atoms. The molecule has 0 aromatic heterocycles. The number of rotatable bonds is 9. The van der Waals surface area contributed by atoms with Crippen LogP contribution in [0.5, 0.6) is 5.75 Å². The maximum atomic E-state index is 12.5. The van der Waals surface area contributed by atoms with Crippen LogP contribution in [-0.2, 0) is 29.3 Å². The number of hydrogen-bond acceptors (Lipinski definition) is 9. The first-order chi connectivity index (χ1) is 15.1. The van der Waals surface area contributed by atoms with E-state index in [2.05, 4.69) is 14.9 Å². The van der Waals surface area contributed by atoms with Gasteiger partial charge < -0.3 is 9.68 Å². The first kappa shape index (κ1) is 24.6. The number of amides is 3. The van der Waals surface area contributed by atoms with Crippen LogP contribution in [0.15, 0.2) is 22.1 Å². The van der Waals surface area contributed by atoms with Crippen molar-refractivity contribution >= 4 is 39.5 Å². The van der Waals surface area contributed by atoms with Crippen LogP contribution in [0.1, 0.15) is 55.8 Å². The highest BCUT2D eigenvalue weighted by Gasteiger charge is 2.36. The van der Waals surface area contributed by atoms with E-state index in [0.717, 1.165) is 25.0 Å². The highest BCUT2D eigenvalue weighted by molar-refractivity contribution is 7.86. The summed E-state index contributed by atoms with van der Waals surface area (Å²) < 4.78 is 33.6. The lowest BCUT2D eigenvalue weighted by Gasteiger charge is -2.19. The van der Waals surface area contributed by atoms with Gasteiger partial charge in [0.25, 0.3) is 27.8 Å². The van der Waals surface area contributed by atoms with Gasteiger partial charge in [-0.2, -0.15) is 13.9 Å². The van der Waals surface area contributed by atoms with Crippen LogP contribution in [0.25, 0.3) is 10.4 Å². The van der Waals surface area contributed by atoms with Crippen molar-refractivity contribution in [1.82, 2.24) is 10.5 Å². The van der Waals surface area contributed by atoms with Crippen LogP contribution in [0.4, 0.5) is 5.69 Å². The van der Waals surface area contributed by atoms with E-state index >= 15 is 0 Å². The fourth-order valence-corrected chi connectivity index (χ4v) is 3.43. The lowest BCUT2D eigenvalue weighted by atomic mass is 10.1. The maximum Gasteiger partial charge on any atom is 0.332 e. The third-order valence-electron chi connectivity index (χ3n) is 4.18. The molecule has 172 valence electrons. The van der Waals surface area contributed by atoms with Gasteiger partial charge in [0.2, 0.25) is 0 Å². The highest BCUT2D eigenvalue weighted by atomic mass is 32.2. The van der Waals surface area contributed by atoms with Gasteiger partial charge in [-0.3, -0.25) is 18.9 Å². The Kier molecular flexibility index (Phi) is 8.12. The second-order valence-electron chi connectivity index (χ2n) is 6.49. The Morgan fingerprint density at radius 3 is 2.47 bits per heavy atom. The van der Waals surface area contributed by atoms with Gasteiger partial charge >= 0.3 is 5.97 Å². The molecular formula is C17H19N5O9S. The number of benzene rings is 1. The Morgan fingerprint density at radius 1 is 1.25 bits per heavy atom. The van der Waals surface area contributed by atoms with Gasteiger partial charge in [-0.25, -0.2) is 4.79 Å². The average molecular weight is 469 g/mol. The van der Waals surface area contributed by atoms with Crippen LogP contribution in [0.3, 0.4) is 0 Å². The fraction of sp³-hybridized carbons (Fsp3) is 0.412. The Hall–Kier alpha value is -3.68. The van der Waals surface area contributed by atoms with E-state index in [9.17, 15) is 32.1 Å². The summed E-state index contributed by atoms with van der Waals surface area (Å²) in [6.07, 6.45) is 1.69. The minimum atomic E-state index is -5.19. The second-order valence-corrected chi connectivity index (χ2v) is 7.85. The summed E-state index contributed by atoms with van der Waals surface area (Å²) in [5, 5.41) is 3.34. The Bertz CT molecular complexity index is 1080. The molecule has 0 atom stereocenters. The molecule has 14 nitrogen and oxygen atoms in total. The number of hydrogen-bond donors (Lipinski definition) is 2. The summed E-state index contributed by atoms with van der Waals surface area (Å²) in [5.74, 6) is -4.60. The van der Waals surface area contributed by atoms with Gasteiger partial charge in [-0.15, -0.1) is 5.06 Å². The van der Waals surface area contributed by atoms with Crippen molar-refractivity contribution in [2.45, 2.75) is 50.3 Å². The second kappa shape index (κ2) is 10.6. The number of imide groups is 1. The third kappa shape index (κ3) is 5.94. The fourth-order valence-electron chi connectivity index (χ4n) is 2.68. The molecule has 0 spiro atoms. The Morgan fingerprint density at radius 2 is 1.91 bits per heavy atom. The molecule has 3 amide bonds. The highest BCUT2D eigenvalue weighted by Crippen LogP contribution is 2.38. The molecule has 1 aromatic carbocycles. The molecule has 2 N–H and O–H groups in total. The maximum absolute atomic E-state index is 12.5. The minimum absolute atomic E-state index is 0.0142. The van der Waals surface area contributed by atoms with Gasteiger partial charge in [0.15, 0.2) is 5.75 Å². The van der Waals surface area contributed by atoms with E-state index in [-0.39, 0.29) is 24.3 Å². The summed E-state index contributed by atoms with van der Waals surface area (Å²) in [5.41, 5.74) is 9.17. The molecule has 1 heterocycles. The molecule has 0 unspecified atom stereocenters. The summed E-state index contributed by atoms with van der Waals surface area (Å²) >= 11 is 0. The molecule has 1 aromatic rings. The van der Waals surface area contributed by atoms with E-state index < -0.39 is 55.7 Å². The smallest absolute Gasteiger partial charge is 0.332 e. The number of azide groups is 1. The van der Waals surface area contributed by atoms with Crippen molar-refractivity contribution < 1.29 is 41.8 Å². The zero-order chi connectivity index (χ0) is 23.9. The van der Waals surface area contributed by atoms with E-state index in [1.165, 1.54) is 0 Å². The van der Waals surface area contributed by atoms with Gasteiger partial charge in [0, 0.05) is 24.2 Å². The van der Waals surface area contributed by atoms with Crippen LogP contribution >= 0.6 is 0 Å². The lowest BCUT2D eigenvalue weighted by Crippen LogP contribution is -2.35. The van der Waals surface area contributed by atoms with Crippen LogP contribution in [0, 0.1) is 0 Å². The predicted octanol–water partition coefficient (Wildman–Crippen LogP) is 2.09. The number of nitrogens with zero attached hydrogens (tertiary/aromatic N) is 4. The van der Waals surface area contributed by atoms with Crippen LogP contribution < -0.4 is 10.3 Å². The number of carbonyl (C=O) groups is 4. The molecule has 1 fully saturated rings. The van der Waals surface area contributed by atoms with E-state index in [1.807, 2.05) is 6.92 Å². The molecule has 0 saturated carbocycles. The van der Waals surface area contributed by atoms with Crippen molar-refractivity contribution in [2.24, 2.45) is 5.11 Å². The molecule has 1 aliphatic rings. The zero-order valence-electron chi connectivity index (χ0n) is 16.8. The van der Waals surface area contributed by atoms with E-state index in [1.54, 1.807) is 5.48 Å². The Balaban J connectivity index is 2.46. The Labute approximate surface area is 181 Å². The lowest BCUT2D eigenvalue weighted by molar-refractivity contribution is -0.165. The SMILES string of the molecule is CCCCCC(=O)ONC(=O)c1ccc(N=[N+]=[N-])c(S(=O)(=O)O)c1ON1C(=O)CCC1=O. The molecule has 0 aliphatic carbocycles. The number of nitrogens with one attached hydrogen (secondary N) is 1. The molecule has 1 aliphatic heterocycles. The molecule has 2 rings (SSSR count). The molecule has 0 bridgehead atoms. The number of carbonyl (C=O) groups excluding carboxylic acids is 4. The topological polar surface area (TPSA) is 205 Å².